The lowest BCUT2D eigenvalue weighted by atomic mass is 10.1. The van der Waals surface area contributed by atoms with Crippen LogP contribution in [0.2, 0.25) is 0 Å². The molecule has 0 aromatic heterocycles. The molecule has 1 aromatic rings. The zero-order valence-corrected chi connectivity index (χ0v) is 13.6. The van der Waals surface area contributed by atoms with E-state index in [-0.39, 0.29) is 0 Å². The predicted molar refractivity (Wildman–Crippen MR) is 87.5 cm³/mol. The SMILES string of the molecule is CCN(CC(C)C)c1ccc(CNCCOC)cc1C#N. The Kier molecular flexibility index (Phi) is 7.81. The second-order valence-electron chi connectivity index (χ2n) is 5.57. The van der Waals surface area contributed by atoms with Crippen molar-refractivity contribution in [1.82, 2.24) is 5.32 Å². The summed E-state index contributed by atoms with van der Waals surface area (Å²) in [7, 11) is 1.69. The number of nitrogens with one attached hydrogen (secondary N) is 1. The quantitative estimate of drug-likeness (QED) is 0.710. The first-order valence-electron chi connectivity index (χ1n) is 7.60. The molecule has 0 unspecified atom stereocenters. The summed E-state index contributed by atoms with van der Waals surface area (Å²) in [6.07, 6.45) is 0. The maximum atomic E-state index is 9.41. The number of hydrogen-bond acceptors (Lipinski definition) is 4. The van der Waals surface area contributed by atoms with Gasteiger partial charge in [0.05, 0.1) is 17.9 Å². The third-order valence-corrected chi connectivity index (χ3v) is 3.30. The Balaban J connectivity index is 2.80. The summed E-state index contributed by atoms with van der Waals surface area (Å²) in [6, 6.07) is 8.48. The van der Waals surface area contributed by atoms with Crippen LogP contribution >= 0.6 is 0 Å². The monoisotopic (exact) mass is 289 g/mol. The summed E-state index contributed by atoms with van der Waals surface area (Å²) in [5.41, 5.74) is 2.92. The average Bonchev–Trinajstić information content (AvgIpc) is 2.49. The molecule has 0 amide bonds. The fourth-order valence-corrected chi connectivity index (χ4v) is 2.30. The molecular formula is C17H27N3O. The molecule has 0 saturated carbocycles. The average molecular weight is 289 g/mol. The van der Waals surface area contributed by atoms with Crippen molar-refractivity contribution in [2.45, 2.75) is 27.3 Å². The van der Waals surface area contributed by atoms with E-state index in [9.17, 15) is 5.26 Å². The summed E-state index contributed by atoms with van der Waals surface area (Å²) in [5, 5.41) is 12.7. The van der Waals surface area contributed by atoms with Gasteiger partial charge in [-0.05, 0) is 30.5 Å². The number of benzene rings is 1. The molecule has 21 heavy (non-hydrogen) atoms. The zero-order chi connectivity index (χ0) is 15.7. The van der Waals surface area contributed by atoms with E-state index in [4.69, 9.17) is 4.74 Å². The highest BCUT2D eigenvalue weighted by molar-refractivity contribution is 5.60. The Morgan fingerprint density at radius 3 is 2.71 bits per heavy atom. The van der Waals surface area contributed by atoms with Gasteiger partial charge in [-0.2, -0.15) is 5.26 Å². The summed E-state index contributed by atoms with van der Waals surface area (Å²) in [5.74, 6) is 0.576. The van der Waals surface area contributed by atoms with Crippen LogP contribution in [0.25, 0.3) is 0 Å². The Bertz CT molecular complexity index is 466. The van der Waals surface area contributed by atoms with Crippen LogP contribution in [-0.2, 0) is 11.3 Å². The van der Waals surface area contributed by atoms with E-state index in [1.165, 1.54) is 0 Å². The topological polar surface area (TPSA) is 48.3 Å². The van der Waals surface area contributed by atoms with Gasteiger partial charge < -0.3 is 15.0 Å². The number of rotatable bonds is 9. The molecule has 0 spiro atoms. The fourth-order valence-electron chi connectivity index (χ4n) is 2.30. The number of ether oxygens (including phenoxy) is 1. The van der Waals surface area contributed by atoms with E-state index in [1.54, 1.807) is 7.11 Å². The summed E-state index contributed by atoms with van der Waals surface area (Å²) >= 11 is 0. The van der Waals surface area contributed by atoms with Gasteiger partial charge >= 0.3 is 0 Å². The minimum absolute atomic E-state index is 0.576. The molecule has 0 atom stereocenters. The second-order valence-corrected chi connectivity index (χ2v) is 5.57. The lowest BCUT2D eigenvalue weighted by molar-refractivity contribution is 0.199. The summed E-state index contributed by atoms with van der Waals surface area (Å²) in [4.78, 5) is 2.27. The number of hydrogen-bond donors (Lipinski definition) is 1. The van der Waals surface area contributed by atoms with E-state index in [0.717, 1.165) is 43.0 Å². The molecule has 1 aromatic carbocycles. The molecule has 0 heterocycles. The molecule has 4 heteroatoms. The first-order chi connectivity index (χ1) is 10.1. The summed E-state index contributed by atoms with van der Waals surface area (Å²) in [6.45, 7) is 10.7. The van der Waals surface area contributed by atoms with Crippen molar-refractivity contribution in [1.29, 1.82) is 5.26 Å². The molecule has 0 aliphatic rings. The maximum absolute atomic E-state index is 9.41. The predicted octanol–water partition coefficient (Wildman–Crippen LogP) is 2.78. The van der Waals surface area contributed by atoms with E-state index in [1.807, 2.05) is 6.07 Å². The fraction of sp³-hybridized carbons (Fsp3) is 0.588. The highest BCUT2D eigenvalue weighted by Crippen LogP contribution is 2.22. The number of nitriles is 1. The smallest absolute Gasteiger partial charge is 0.101 e. The standard InChI is InChI=1S/C17H27N3O/c1-5-20(13-14(2)3)17-7-6-15(10-16(17)11-18)12-19-8-9-21-4/h6-7,10,14,19H,5,8-9,12-13H2,1-4H3. The van der Waals surface area contributed by atoms with Crippen LogP contribution in [0.4, 0.5) is 5.69 Å². The van der Waals surface area contributed by atoms with E-state index in [2.05, 4.69) is 49.2 Å². The zero-order valence-electron chi connectivity index (χ0n) is 13.6. The van der Waals surface area contributed by atoms with Crippen LogP contribution in [0.15, 0.2) is 18.2 Å². The van der Waals surface area contributed by atoms with Crippen molar-refractivity contribution < 1.29 is 4.74 Å². The molecule has 116 valence electrons. The van der Waals surface area contributed by atoms with Gasteiger partial charge in [0.1, 0.15) is 6.07 Å². The Labute approximate surface area is 128 Å². The van der Waals surface area contributed by atoms with Crippen molar-refractivity contribution in [3.05, 3.63) is 29.3 Å². The van der Waals surface area contributed by atoms with E-state index >= 15 is 0 Å². The lowest BCUT2D eigenvalue weighted by Gasteiger charge is -2.26. The van der Waals surface area contributed by atoms with E-state index < -0.39 is 0 Å². The normalized spacial score (nSPS) is 10.7. The minimum Gasteiger partial charge on any atom is -0.383 e. The highest BCUT2D eigenvalue weighted by atomic mass is 16.5. The molecule has 0 saturated heterocycles. The third-order valence-electron chi connectivity index (χ3n) is 3.30. The van der Waals surface area contributed by atoms with E-state index in [0.29, 0.717) is 12.5 Å². The second kappa shape index (κ2) is 9.38. The molecule has 1 rings (SSSR count). The number of methoxy groups -OCH3 is 1. The minimum atomic E-state index is 0.576. The highest BCUT2D eigenvalue weighted by Gasteiger charge is 2.11. The largest absolute Gasteiger partial charge is 0.383 e. The van der Waals surface area contributed by atoms with Gasteiger partial charge in [-0.15, -0.1) is 0 Å². The molecule has 0 bridgehead atoms. The van der Waals surface area contributed by atoms with Gasteiger partial charge in [-0.25, -0.2) is 0 Å². The van der Waals surface area contributed by atoms with Gasteiger partial charge in [0.2, 0.25) is 0 Å². The van der Waals surface area contributed by atoms with Crippen molar-refractivity contribution in [2.75, 3.05) is 38.3 Å². The molecule has 0 radical (unpaired) electrons. The molecule has 0 fully saturated rings. The molecular weight excluding hydrogens is 262 g/mol. The van der Waals surface area contributed by atoms with Crippen molar-refractivity contribution in [2.24, 2.45) is 5.92 Å². The molecule has 0 aliphatic heterocycles. The van der Waals surface area contributed by atoms with Crippen LogP contribution in [-0.4, -0.2) is 33.4 Å². The molecule has 1 N–H and O–H groups in total. The third kappa shape index (κ3) is 5.74. The van der Waals surface area contributed by atoms with Crippen LogP contribution in [0, 0.1) is 17.2 Å². The first kappa shape index (κ1) is 17.5. The Morgan fingerprint density at radius 2 is 2.14 bits per heavy atom. The van der Waals surface area contributed by atoms with Crippen LogP contribution < -0.4 is 10.2 Å². The van der Waals surface area contributed by atoms with Gasteiger partial charge in [-0.3, -0.25) is 0 Å². The van der Waals surface area contributed by atoms with Crippen LogP contribution in [0.3, 0.4) is 0 Å². The van der Waals surface area contributed by atoms with Crippen LogP contribution in [0.5, 0.6) is 0 Å². The number of anilines is 1. The van der Waals surface area contributed by atoms with Crippen molar-refractivity contribution in [3.8, 4) is 6.07 Å². The van der Waals surface area contributed by atoms with Crippen molar-refractivity contribution >= 4 is 5.69 Å². The van der Waals surface area contributed by atoms with Gasteiger partial charge in [-0.1, -0.05) is 19.9 Å². The Morgan fingerprint density at radius 1 is 1.38 bits per heavy atom. The molecule has 0 aliphatic carbocycles. The van der Waals surface area contributed by atoms with Crippen LogP contribution in [0.1, 0.15) is 31.9 Å². The summed E-state index contributed by atoms with van der Waals surface area (Å²) < 4.78 is 5.01. The van der Waals surface area contributed by atoms with Gasteiger partial charge in [0.15, 0.2) is 0 Å². The lowest BCUT2D eigenvalue weighted by Crippen LogP contribution is -2.28. The van der Waals surface area contributed by atoms with Crippen molar-refractivity contribution in [3.63, 3.8) is 0 Å². The maximum Gasteiger partial charge on any atom is 0.101 e. The molecule has 4 nitrogen and oxygen atoms in total. The first-order valence-corrected chi connectivity index (χ1v) is 7.60. The van der Waals surface area contributed by atoms with Gasteiger partial charge in [0, 0.05) is 33.3 Å². The van der Waals surface area contributed by atoms with Gasteiger partial charge in [0.25, 0.3) is 0 Å². The number of nitrogens with zero attached hydrogens (tertiary/aromatic N) is 2. The Hall–Kier alpha value is -1.57.